The van der Waals surface area contributed by atoms with Crippen LogP contribution >= 0.6 is 11.9 Å². The van der Waals surface area contributed by atoms with Crippen molar-refractivity contribution in [2.45, 2.75) is 0 Å². The van der Waals surface area contributed by atoms with Crippen molar-refractivity contribution < 1.29 is 14.6 Å². The van der Waals surface area contributed by atoms with Gasteiger partial charge in [-0.3, -0.25) is 4.79 Å². The number of carbonyl (C=O) groups is 1. The summed E-state index contributed by atoms with van der Waals surface area (Å²) < 4.78 is 7.44. The molecule has 0 bridgehead atoms. The van der Waals surface area contributed by atoms with E-state index in [-0.39, 0.29) is 11.7 Å². The summed E-state index contributed by atoms with van der Waals surface area (Å²) in [6.07, 6.45) is 1.06. The molecule has 1 aliphatic rings. The van der Waals surface area contributed by atoms with Crippen LogP contribution in [0.5, 0.6) is 5.75 Å². The summed E-state index contributed by atoms with van der Waals surface area (Å²) in [5, 5.41) is 19.6. The number of aromatic hydroxyl groups is 1. The number of rotatable bonds is 4. The average Bonchev–Trinajstić information content (AvgIpc) is 2.63. The number of hydrogen-bond acceptors (Lipinski definition) is 6. The molecule has 3 N–H and O–H groups in total. The molecule has 7 heteroatoms. The number of ether oxygens (including phenoxy) is 1. The summed E-state index contributed by atoms with van der Waals surface area (Å²) in [6, 6.07) is 12.0. The molecular formula is C17H17N3O3S. The first-order valence-corrected chi connectivity index (χ1v) is 8.35. The van der Waals surface area contributed by atoms with Crippen molar-refractivity contribution in [1.82, 2.24) is 0 Å². The molecule has 0 aromatic heterocycles. The molecule has 1 fully saturated rings. The first kappa shape index (κ1) is 16.4. The molecule has 1 saturated heterocycles. The molecule has 2 aromatic rings. The fraction of sp³-hybridized carbons (Fsp3) is 0.176. The van der Waals surface area contributed by atoms with Crippen LogP contribution in [0.4, 0.5) is 11.4 Å². The van der Waals surface area contributed by atoms with E-state index in [2.05, 4.69) is 9.62 Å². The van der Waals surface area contributed by atoms with Crippen molar-refractivity contribution in [3.63, 3.8) is 0 Å². The molecule has 0 aliphatic carbocycles. The van der Waals surface area contributed by atoms with Crippen molar-refractivity contribution in [2.75, 3.05) is 28.7 Å². The van der Waals surface area contributed by atoms with Crippen LogP contribution in [0.1, 0.15) is 15.9 Å². The Bertz CT molecular complexity index is 743. The van der Waals surface area contributed by atoms with Gasteiger partial charge in [0.15, 0.2) is 0 Å². The number of phenolic OH excluding ortho intramolecular Hbond substituents is 1. The van der Waals surface area contributed by atoms with Gasteiger partial charge in [0.2, 0.25) is 0 Å². The number of phenols is 1. The van der Waals surface area contributed by atoms with Crippen molar-refractivity contribution >= 4 is 35.4 Å². The Morgan fingerprint density at radius 1 is 1.29 bits per heavy atom. The van der Waals surface area contributed by atoms with E-state index in [4.69, 9.17) is 10.1 Å². The van der Waals surface area contributed by atoms with Gasteiger partial charge in [0.1, 0.15) is 11.7 Å². The molecule has 2 aromatic carbocycles. The minimum absolute atomic E-state index is 0.0394. The second-order valence-corrected chi connectivity index (χ2v) is 6.11. The van der Waals surface area contributed by atoms with Gasteiger partial charge in [-0.2, -0.15) is 0 Å². The predicted molar refractivity (Wildman–Crippen MR) is 96.1 cm³/mol. The normalized spacial score (nSPS) is 14.2. The second kappa shape index (κ2) is 7.37. The maximum atomic E-state index is 12.3. The van der Waals surface area contributed by atoms with Crippen molar-refractivity contribution in [3.8, 4) is 5.75 Å². The van der Waals surface area contributed by atoms with Crippen molar-refractivity contribution in [2.24, 2.45) is 0 Å². The third-order valence-corrected chi connectivity index (χ3v) is 4.57. The predicted octanol–water partition coefficient (Wildman–Crippen LogP) is 3.08. The van der Waals surface area contributed by atoms with Crippen molar-refractivity contribution in [3.05, 3.63) is 53.6 Å². The van der Waals surface area contributed by atoms with E-state index in [9.17, 15) is 9.90 Å². The number of amides is 1. The zero-order valence-corrected chi connectivity index (χ0v) is 13.7. The summed E-state index contributed by atoms with van der Waals surface area (Å²) in [6.45, 7) is 1.51. The topological polar surface area (TPSA) is 85.7 Å². The molecule has 24 heavy (non-hydrogen) atoms. The van der Waals surface area contributed by atoms with Crippen LogP contribution in [-0.4, -0.2) is 36.3 Å². The summed E-state index contributed by atoms with van der Waals surface area (Å²) in [5.41, 5.74) is 2.46. The number of benzene rings is 2. The summed E-state index contributed by atoms with van der Waals surface area (Å²) in [7, 11) is 0. The molecule has 0 spiro atoms. The lowest BCUT2D eigenvalue weighted by atomic mass is 10.1. The van der Waals surface area contributed by atoms with Crippen molar-refractivity contribution in [1.29, 1.82) is 5.41 Å². The SMILES string of the molecule is N=Cc1ccc(NC(=O)c2ccc(N3CCOCS3)cc2)cc1O. The zero-order chi connectivity index (χ0) is 16.9. The zero-order valence-electron chi connectivity index (χ0n) is 12.9. The van der Waals surface area contributed by atoms with E-state index in [0.29, 0.717) is 29.4 Å². The Balaban J connectivity index is 1.68. The van der Waals surface area contributed by atoms with Crippen LogP contribution in [0.25, 0.3) is 0 Å². The molecule has 1 amide bonds. The van der Waals surface area contributed by atoms with Gasteiger partial charge in [0, 0.05) is 34.8 Å². The molecule has 124 valence electrons. The fourth-order valence-electron chi connectivity index (χ4n) is 2.30. The highest BCUT2D eigenvalue weighted by molar-refractivity contribution is 8.00. The van der Waals surface area contributed by atoms with E-state index in [1.54, 1.807) is 36.2 Å². The quantitative estimate of drug-likeness (QED) is 0.587. The van der Waals surface area contributed by atoms with Gasteiger partial charge < -0.3 is 24.9 Å². The van der Waals surface area contributed by atoms with Crippen LogP contribution in [0, 0.1) is 5.41 Å². The maximum absolute atomic E-state index is 12.3. The van der Waals surface area contributed by atoms with Gasteiger partial charge in [0.25, 0.3) is 5.91 Å². The minimum atomic E-state index is -0.252. The Hall–Kier alpha value is -2.51. The van der Waals surface area contributed by atoms with E-state index >= 15 is 0 Å². The standard InChI is InChI=1S/C17H17N3O3S/c18-10-13-1-4-14(9-16(13)21)19-17(22)12-2-5-15(6-3-12)20-7-8-23-11-24-20/h1-6,9-10,18,21H,7-8,11H2,(H,19,22). The van der Waals surface area contributed by atoms with E-state index < -0.39 is 0 Å². The van der Waals surface area contributed by atoms with Crippen LogP contribution in [0.15, 0.2) is 42.5 Å². The summed E-state index contributed by atoms with van der Waals surface area (Å²) in [5.74, 6) is 0.345. The van der Waals surface area contributed by atoms with Gasteiger partial charge in [-0.1, -0.05) is 0 Å². The number of anilines is 2. The molecular weight excluding hydrogens is 326 g/mol. The van der Waals surface area contributed by atoms with Gasteiger partial charge in [-0.15, -0.1) is 0 Å². The second-order valence-electron chi connectivity index (χ2n) is 5.18. The van der Waals surface area contributed by atoms with Crippen LogP contribution < -0.4 is 9.62 Å². The monoisotopic (exact) mass is 343 g/mol. The Morgan fingerprint density at radius 3 is 2.71 bits per heavy atom. The third kappa shape index (κ3) is 3.69. The van der Waals surface area contributed by atoms with Gasteiger partial charge in [-0.25, -0.2) is 0 Å². The highest BCUT2D eigenvalue weighted by Gasteiger charge is 2.13. The molecule has 0 atom stereocenters. The minimum Gasteiger partial charge on any atom is -0.507 e. The third-order valence-electron chi connectivity index (χ3n) is 3.59. The smallest absolute Gasteiger partial charge is 0.255 e. The molecule has 6 nitrogen and oxygen atoms in total. The molecule has 0 unspecified atom stereocenters. The largest absolute Gasteiger partial charge is 0.507 e. The molecule has 0 radical (unpaired) electrons. The van der Waals surface area contributed by atoms with Gasteiger partial charge in [-0.05, 0) is 48.3 Å². The Kier molecular flexibility index (Phi) is 5.02. The summed E-state index contributed by atoms with van der Waals surface area (Å²) in [4.78, 5) is 12.3. The summed E-state index contributed by atoms with van der Waals surface area (Å²) >= 11 is 1.60. The molecule has 1 aliphatic heterocycles. The highest BCUT2D eigenvalue weighted by Crippen LogP contribution is 2.26. The lowest BCUT2D eigenvalue weighted by Gasteiger charge is -2.27. The van der Waals surface area contributed by atoms with E-state index in [0.717, 1.165) is 18.4 Å². The first-order valence-electron chi connectivity index (χ1n) is 7.40. The first-order chi connectivity index (χ1) is 11.7. The lowest BCUT2D eigenvalue weighted by molar-refractivity contribution is 0.102. The van der Waals surface area contributed by atoms with Gasteiger partial charge >= 0.3 is 0 Å². The number of nitrogens with zero attached hydrogens (tertiary/aromatic N) is 1. The number of hydrogen-bond donors (Lipinski definition) is 3. The van der Waals surface area contributed by atoms with Crippen LogP contribution in [-0.2, 0) is 4.74 Å². The van der Waals surface area contributed by atoms with Crippen LogP contribution in [0.2, 0.25) is 0 Å². The molecule has 0 saturated carbocycles. The number of carbonyl (C=O) groups excluding carboxylic acids is 1. The van der Waals surface area contributed by atoms with Crippen LogP contribution in [0.3, 0.4) is 0 Å². The average molecular weight is 343 g/mol. The number of nitrogens with one attached hydrogen (secondary N) is 2. The molecule has 3 rings (SSSR count). The maximum Gasteiger partial charge on any atom is 0.255 e. The van der Waals surface area contributed by atoms with E-state index in [1.165, 1.54) is 6.07 Å². The van der Waals surface area contributed by atoms with Gasteiger partial charge in [0.05, 0.1) is 13.2 Å². The van der Waals surface area contributed by atoms with E-state index in [1.807, 2.05) is 12.1 Å². The highest BCUT2D eigenvalue weighted by atomic mass is 32.2. The Morgan fingerprint density at radius 2 is 2.08 bits per heavy atom. The lowest BCUT2D eigenvalue weighted by Crippen LogP contribution is -2.26. The Labute approximate surface area is 144 Å². The fourth-order valence-corrected chi connectivity index (χ4v) is 3.10. The molecule has 1 heterocycles.